The van der Waals surface area contributed by atoms with E-state index in [-0.39, 0.29) is 5.69 Å². The molecular formula is C13H9ClFN3S. The number of benzene rings is 1. The number of nitriles is 1. The standard InChI is InChI=1S/C13H9ClFN3S/c1-8-7-19-13(18-8)9(5-16)6-17-12-3-2-10(14)4-11(12)15/h2-4,6-7,17H,1H3/b9-6+. The quantitative estimate of drug-likeness (QED) is 0.862. The normalized spacial score (nSPS) is 11.2. The summed E-state index contributed by atoms with van der Waals surface area (Å²) in [6.07, 6.45) is 1.44. The van der Waals surface area contributed by atoms with Crippen LogP contribution >= 0.6 is 22.9 Å². The Hall–Kier alpha value is -1.90. The van der Waals surface area contributed by atoms with Crippen molar-refractivity contribution in [3.63, 3.8) is 0 Å². The van der Waals surface area contributed by atoms with E-state index in [1.54, 1.807) is 6.07 Å². The van der Waals surface area contributed by atoms with Crippen molar-refractivity contribution >= 4 is 34.2 Å². The molecule has 0 aliphatic rings. The van der Waals surface area contributed by atoms with Gasteiger partial charge in [0.1, 0.15) is 22.5 Å². The van der Waals surface area contributed by atoms with Crippen LogP contribution in [0.2, 0.25) is 5.02 Å². The average Bonchev–Trinajstić information content (AvgIpc) is 2.79. The predicted octanol–water partition coefficient (Wildman–Crippen LogP) is 4.22. The highest BCUT2D eigenvalue weighted by Crippen LogP contribution is 2.21. The maximum atomic E-state index is 13.5. The SMILES string of the molecule is Cc1csc(/C(C#N)=C/Nc2ccc(Cl)cc2F)n1. The van der Waals surface area contributed by atoms with Gasteiger partial charge in [0, 0.05) is 22.3 Å². The van der Waals surface area contributed by atoms with Crippen LogP contribution < -0.4 is 5.32 Å². The van der Waals surface area contributed by atoms with Gasteiger partial charge in [0.05, 0.1) is 5.69 Å². The van der Waals surface area contributed by atoms with Crippen molar-refractivity contribution < 1.29 is 4.39 Å². The zero-order valence-electron chi connectivity index (χ0n) is 9.95. The molecule has 0 atom stereocenters. The molecule has 1 aromatic heterocycles. The second-order valence-corrected chi connectivity index (χ2v) is 5.03. The highest BCUT2D eigenvalue weighted by atomic mass is 35.5. The van der Waals surface area contributed by atoms with Gasteiger partial charge in [-0.1, -0.05) is 11.6 Å². The Bertz CT molecular complexity index is 673. The largest absolute Gasteiger partial charge is 0.358 e. The summed E-state index contributed by atoms with van der Waals surface area (Å²) < 4.78 is 13.5. The molecule has 0 fully saturated rings. The van der Waals surface area contributed by atoms with Crippen LogP contribution in [0.15, 0.2) is 29.8 Å². The molecule has 2 rings (SSSR count). The van der Waals surface area contributed by atoms with Gasteiger partial charge < -0.3 is 5.32 Å². The molecule has 0 saturated heterocycles. The Morgan fingerprint density at radius 1 is 1.58 bits per heavy atom. The Balaban J connectivity index is 2.23. The van der Waals surface area contributed by atoms with Gasteiger partial charge in [0.25, 0.3) is 0 Å². The number of hydrogen-bond donors (Lipinski definition) is 1. The Labute approximate surface area is 119 Å². The highest BCUT2D eigenvalue weighted by Gasteiger charge is 2.06. The lowest BCUT2D eigenvalue weighted by atomic mass is 10.3. The molecular weight excluding hydrogens is 285 g/mol. The minimum absolute atomic E-state index is 0.255. The fraction of sp³-hybridized carbons (Fsp3) is 0.0769. The average molecular weight is 294 g/mol. The second kappa shape index (κ2) is 5.83. The van der Waals surface area contributed by atoms with Crippen molar-refractivity contribution in [3.8, 4) is 6.07 Å². The third kappa shape index (κ3) is 3.31. The summed E-state index contributed by atoms with van der Waals surface area (Å²) in [6.45, 7) is 1.85. The Morgan fingerprint density at radius 3 is 2.95 bits per heavy atom. The number of hydrogen-bond acceptors (Lipinski definition) is 4. The molecule has 0 amide bonds. The maximum absolute atomic E-state index is 13.5. The number of aryl methyl sites for hydroxylation is 1. The van der Waals surface area contributed by atoms with E-state index in [4.69, 9.17) is 16.9 Å². The maximum Gasteiger partial charge on any atom is 0.148 e. The summed E-state index contributed by atoms with van der Waals surface area (Å²) in [4.78, 5) is 4.20. The van der Waals surface area contributed by atoms with Crippen molar-refractivity contribution in [2.45, 2.75) is 6.92 Å². The Morgan fingerprint density at radius 2 is 2.37 bits per heavy atom. The van der Waals surface area contributed by atoms with Crippen LogP contribution in [0, 0.1) is 24.1 Å². The first-order valence-corrected chi connectivity index (χ1v) is 6.60. The first-order chi connectivity index (χ1) is 9.10. The minimum atomic E-state index is -0.476. The molecule has 0 unspecified atom stereocenters. The molecule has 0 spiro atoms. The molecule has 1 heterocycles. The first-order valence-electron chi connectivity index (χ1n) is 5.34. The van der Waals surface area contributed by atoms with Gasteiger partial charge in [-0.15, -0.1) is 11.3 Å². The van der Waals surface area contributed by atoms with Crippen LogP contribution in [0.1, 0.15) is 10.7 Å². The molecule has 6 heteroatoms. The molecule has 0 bridgehead atoms. The number of anilines is 1. The van der Waals surface area contributed by atoms with E-state index in [9.17, 15) is 4.39 Å². The molecule has 1 aromatic carbocycles. The number of rotatable bonds is 3. The summed E-state index contributed by atoms with van der Waals surface area (Å²) in [5.74, 6) is -0.476. The van der Waals surface area contributed by atoms with Crippen LogP contribution in [0.4, 0.5) is 10.1 Å². The molecule has 2 aromatic rings. The molecule has 0 saturated carbocycles. The fourth-order valence-corrected chi connectivity index (χ4v) is 2.30. The number of halogens is 2. The van der Waals surface area contributed by atoms with Crippen LogP contribution in [-0.2, 0) is 0 Å². The number of allylic oxidation sites excluding steroid dienone is 1. The van der Waals surface area contributed by atoms with Gasteiger partial charge in [-0.3, -0.25) is 0 Å². The summed E-state index contributed by atoms with van der Waals surface area (Å²) >= 11 is 7.03. The molecule has 19 heavy (non-hydrogen) atoms. The molecule has 1 N–H and O–H groups in total. The zero-order chi connectivity index (χ0) is 13.8. The van der Waals surface area contributed by atoms with Gasteiger partial charge in [-0.25, -0.2) is 9.37 Å². The number of nitrogens with one attached hydrogen (secondary N) is 1. The van der Waals surface area contributed by atoms with Gasteiger partial charge in [0.2, 0.25) is 0 Å². The van der Waals surface area contributed by atoms with Crippen LogP contribution in [0.25, 0.3) is 5.57 Å². The van der Waals surface area contributed by atoms with E-state index >= 15 is 0 Å². The first kappa shape index (κ1) is 13.5. The van der Waals surface area contributed by atoms with Gasteiger partial charge >= 0.3 is 0 Å². The molecule has 3 nitrogen and oxygen atoms in total. The fourth-order valence-electron chi connectivity index (χ4n) is 1.38. The third-order valence-electron chi connectivity index (χ3n) is 2.27. The van der Waals surface area contributed by atoms with Gasteiger partial charge in [0.15, 0.2) is 0 Å². The topological polar surface area (TPSA) is 48.7 Å². The van der Waals surface area contributed by atoms with E-state index < -0.39 is 5.82 Å². The van der Waals surface area contributed by atoms with Crippen molar-refractivity contribution in [3.05, 3.63) is 51.3 Å². The van der Waals surface area contributed by atoms with Crippen molar-refractivity contribution in [1.82, 2.24) is 4.98 Å². The smallest absolute Gasteiger partial charge is 0.148 e. The van der Waals surface area contributed by atoms with E-state index in [1.165, 1.54) is 29.7 Å². The second-order valence-electron chi connectivity index (χ2n) is 3.73. The van der Waals surface area contributed by atoms with E-state index in [1.807, 2.05) is 18.4 Å². The van der Waals surface area contributed by atoms with Gasteiger partial charge in [-0.05, 0) is 25.1 Å². The van der Waals surface area contributed by atoms with Crippen LogP contribution in [0.3, 0.4) is 0 Å². The van der Waals surface area contributed by atoms with Crippen LogP contribution in [-0.4, -0.2) is 4.98 Å². The summed E-state index contributed by atoms with van der Waals surface area (Å²) in [7, 11) is 0. The lowest BCUT2D eigenvalue weighted by molar-refractivity contribution is 0.632. The van der Waals surface area contributed by atoms with Crippen molar-refractivity contribution in [2.75, 3.05) is 5.32 Å². The molecule has 96 valence electrons. The minimum Gasteiger partial charge on any atom is -0.358 e. The lowest BCUT2D eigenvalue weighted by Crippen LogP contribution is -1.94. The van der Waals surface area contributed by atoms with Crippen molar-refractivity contribution in [1.29, 1.82) is 5.26 Å². The summed E-state index contributed by atoms with van der Waals surface area (Å²) in [5.41, 5.74) is 1.46. The Kier molecular flexibility index (Phi) is 4.15. The third-order valence-corrected chi connectivity index (χ3v) is 3.50. The highest BCUT2D eigenvalue weighted by molar-refractivity contribution is 7.10. The number of thiazole rings is 1. The number of nitrogens with zero attached hydrogens (tertiary/aromatic N) is 2. The monoisotopic (exact) mass is 293 g/mol. The molecule has 0 radical (unpaired) electrons. The molecule has 0 aliphatic heterocycles. The van der Waals surface area contributed by atoms with E-state index in [0.29, 0.717) is 15.6 Å². The molecule has 0 aliphatic carbocycles. The van der Waals surface area contributed by atoms with E-state index in [2.05, 4.69) is 10.3 Å². The summed E-state index contributed by atoms with van der Waals surface area (Å²) in [5, 5.41) is 14.6. The van der Waals surface area contributed by atoms with E-state index in [0.717, 1.165) is 5.69 Å². The zero-order valence-corrected chi connectivity index (χ0v) is 11.5. The van der Waals surface area contributed by atoms with Gasteiger partial charge in [-0.2, -0.15) is 5.26 Å². The number of aromatic nitrogens is 1. The summed E-state index contributed by atoms with van der Waals surface area (Å²) in [6, 6.07) is 6.32. The van der Waals surface area contributed by atoms with Crippen molar-refractivity contribution in [2.24, 2.45) is 0 Å². The lowest BCUT2D eigenvalue weighted by Gasteiger charge is -2.03. The predicted molar refractivity (Wildman–Crippen MR) is 75.5 cm³/mol. The van der Waals surface area contributed by atoms with Crippen LogP contribution in [0.5, 0.6) is 0 Å².